The highest BCUT2D eigenvalue weighted by Gasteiger charge is 2.23. The van der Waals surface area contributed by atoms with E-state index < -0.39 is 12.0 Å². The number of aliphatic hydroxyl groups is 1. The fourth-order valence-electron chi connectivity index (χ4n) is 1.74. The molecule has 1 aromatic heterocycles. The lowest BCUT2D eigenvalue weighted by Gasteiger charge is -2.20. The van der Waals surface area contributed by atoms with Crippen molar-refractivity contribution in [3.63, 3.8) is 0 Å². The van der Waals surface area contributed by atoms with Crippen molar-refractivity contribution in [1.29, 1.82) is 0 Å². The molecule has 1 atom stereocenters. The summed E-state index contributed by atoms with van der Waals surface area (Å²) in [5.41, 5.74) is 1.20. The van der Waals surface area contributed by atoms with Crippen molar-refractivity contribution in [3.8, 4) is 0 Å². The van der Waals surface area contributed by atoms with E-state index in [0.717, 1.165) is 5.69 Å². The van der Waals surface area contributed by atoms with E-state index in [1.165, 1.54) is 4.90 Å². The van der Waals surface area contributed by atoms with E-state index in [1.807, 2.05) is 0 Å². The monoisotopic (exact) mass is 279 g/mol. The molecule has 0 bridgehead atoms. The van der Waals surface area contributed by atoms with Gasteiger partial charge in [-0.25, -0.2) is 0 Å². The molecule has 1 unspecified atom stereocenters. The predicted molar refractivity (Wildman–Crippen MR) is 71.5 cm³/mol. The fourth-order valence-corrected chi connectivity index (χ4v) is 1.98. The average Bonchev–Trinajstić information content (AvgIpc) is 2.90. The molecule has 1 heterocycles. The Hall–Kier alpha value is -1.85. The molecule has 5 nitrogen and oxygen atoms in total. The standard InChI is InChI=1S/C13H14ClN3O2/c1-17(8-9-6-7-15-16-9)13(19)12(18)10-4-2-3-5-11(10)14/h2-7,12,18H,8H2,1H3,(H,15,16). The van der Waals surface area contributed by atoms with Gasteiger partial charge in [-0.3, -0.25) is 9.89 Å². The zero-order valence-corrected chi connectivity index (χ0v) is 11.1. The summed E-state index contributed by atoms with van der Waals surface area (Å²) in [7, 11) is 1.61. The molecule has 0 saturated heterocycles. The molecular weight excluding hydrogens is 266 g/mol. The highest BCUT2D eigenvalue weighted by atomic mass is 35.5. The first-order chi connectivity index (χ1) is 9.09. The number of hydrogen-bond acceptors (Lipinski definition) is 3. The first kappa shape index (κ1) is 13.6. The van der Waals surface area contributed by atoms with Crippen molar-refractivity contribution >= 4 is 17.5 Å². The Balaban J connectivity index is 2.09. The van der Waals surface area contributed by atoms with Crippen molar-refractivity contribution in [2.45, 2.75) is 12.6 Å². The van der Waals surface area contributed by atoms with Crippen LogP contribution in [0.15, 0.2) is 36.5 Å². The summed E-state index contributed by atoms with van der Waals surface area (Å²) in [5, 5.41) is 17.0. The smallest absolute Gasteiger partial charge is 0.256 e. The minimum absolute atomic E-state index is 0.348. The van der Waals surface area contributed by atoms with Crippen LogP contribution in [-0.2, 0) is 11.3 Å². The van der Waals surface area contributed by atoms with Gasteiger partial charge in [0.1, 0.15) is 0 Å². The maximum absolute atomic E-state index is 12.1. The molecule has 0 aliphatic heterocycles. The summed E-state index contributed by atoms with van der Waals surface area (Å²) in [4.78, 5) is 13.5. The molecule has 0 spiro atoms. The second kappa shape index (κ2) is 5.86. The molecule has 19 heavy (non-hydrogen) atoms. The second-order valence-corrected chi connectivity index (χ2v) is 4.61. The van der Waals surface area contributed by atoms with E-state index in [-0.39, 0.29) is 0 Å². The number of H-pyrrole nitrogens is 1. The molecule has 0 aliphatic carbocycles. The Morgan fingerprint density at radius 1 is 1.47 bits per heavy atom. The minimum Gasteiger partial charge on any atom is -0.378 e. The highest BCUT2D eigenvalue weighted by molar-refractivity contribution is 6.31. The second-order valence-electron chi connectivity index (χ2n) is 4.20. The molecular formula is C13H14ClN3O2. The van der Waals surface area contributed by atoms with Crippen LogP contribution in [0.3, 0.4) is 0 Å². The molecule has 100 valence electrons. The number of carbonyl (C=O) groups excluding carboxylic acids is 1. The van der Waals surface area contributed by atoms with E-state index >= 15 is 0 Å². The topological polar surface area (TPSA) is 69.2 Å². The third-order valence-corrected chi connectivity index (χ3v) is 3.12. The third-order valence-electron chi connectivity index (χ3n) is 2.78. The van der Waals surface area contributed by atoms with E-state index in [2.05, 4.69) is 10.2 Å². The van der Waals surface area contributed by atoms with Crippen LogP contribution >= 0.6 is 11.6 Å². The Kier molecular flexibility index (Phi) is 4.19. The first-order valence-corrected chi connectivity index (χ1v) is 6.13. The summed E-state index contributed by atoms with van der Waals surface area (Å²) < 4.78 is 0. The molecule has 0 aliphatic rings. The maximum atomic E-state index is 12.1. The number of nitrogens with one attached hydrogen (secondary N) is 1. The number of amides is 1. The summed E-state index contributed by atoms with van der Waals surface area (Å²) in [6, 6.07) is 8.52. The van der Waals surface area contributed by atoms with Crippen LogP contribution in [0.4, 0.5) is 0 Å². The Morgan fingerprint density at radius 2 is 2.21 bits per heavy atom. The highest BCUT2D eigenvalue weighted by Crippen LogP contribution is 2.24. The van der Waals surface area contributed by atoms with Crippen LogP contribution in [0.2, 0.25) is 5.02 Å². The predicted octanol–water partition coefficient (Wildman–Crippen LogP) is 1.76. The van der Waals surface area contributed by atoms with Crippen molar-refractivity contribution < 1.29 is 9.90 Å². The molecule has 2 N–H and O–H groups in total. The zero-order valence-electron chi connectivity index (χ0n) is 10.4. The third kappa shape index (κ3) is 3.13. The van der Waals surface area contributed by atoms with Crippen LogP contribution in [0.5, 0.6) is 0 Å². The molecule has 0 saturated carbocycles. The quantitative estimate of drug-likeness (QED) is 0.896. The lowest BCUT2D eigenvalue weighted by atomic mass is 10.1. The van der Waals surface area contributed by atoms with Gasteiger partial charge in [-0.1, -0.05) is 29.8 Å². The number of likely N-dealkylation sites (N-methyl/N-ethyl adjacent to an activating group) is 1. The molecule has 6 heteroatoms. The van der Waals surface area contributed by atoms with Crippen LogP contribution in [0.1, 0.15) is 17.4 Å². The van der Waals surface area contributed by atoms with Gasteiger partial charge in [0, 0.05) is 23.8 Å². The number of rotatable bonds is 4. The van der Waals surface area contributed by atoms with Gasteiger partial charge in [-0.05, 0) is 12.1 Å². The molecule has 2 aromatic rings. The van der Waals surface area contributed by atoms with Crippen LogP contribution < -0.4 is 0 Å². The van der Waals surface area contributed by atoms with Gasteiger partial charge in [0.05, 0.1) is 12.2 Å². The van der Waals surface area contributed by atoms with E-state index in [0.29, 0.717) is 17.1 Å². The zero-order chi connectivity index (χ0) is 13.8. The number of aromatic nitrogens is 2. The number of carbonyl (C=O) groups is 1. The fraction of sp³-hybridized carbons (Fsp3) is 0.231. The molecule has 0 fully saturated rings. The van der Waals surface area contributed by atoms with Gasteiger partial charge in [-0.2, -0.15) is 5.10 Å². The maximum Gasteiger partial charge on any atom is 0.256 e. The van der Waals surface area contributed by atoms with Crippen molar-refractivity contribution in [1.82, 2.24) is 15.1 Å². The summed E-state index contributed by atoms with van der Waals surface area (Å²) in [6.45, 7) is 0.348. The summed E-state index contributed by atoms with van der Waals surface area (Å²) in [5.74, 6) is -0.414. The van der Waals surface area contributed by atoms with Gasteiger partial charge in [-0.15, -0.1) is 0 Å². The Morgan fingerprint density at radius 3 is 2.84 bits per heavy atom. The van der Waals surface area contributed by atoms with Gasteiger partial charge in [0.15, 0.2) is 6.10 Å². The number of aromatic amines is 1. The summed E-state index contributed by atoms with van der Waals surface area (Å²) >= 11 is 5.96. The number of aliphatic hydroxyl groups excluding tert-OH is 1. The molecule has 1 aromatic carbocycles. The van der Waals surface area contributed by atoms with E-state index in [9.17, 15) is 9.90 Å². The van der Waals surface area contributed by atoms with Crippen molar-refractivity contribution in [3.05, 3.63) is 52.8 Å². The number of benzene rings is 1. The Labute approximate surface area is 115 Å². The van der Waals surface area contributed by atoms with Crippen LogP contribution in [0.25, 0.3) is 0 Å². The van der Waals surface area contributed by atoms with Crippen LogP contribution in [-0.4, -0.2) is 33.2 Å². The van der Waals surface area contributed by atoms with E-state index in [1.54, 1.807) is 43.6 Å². The molecule has 2 rings (SSSR count). The van der Waals surface area contributed by atoms with Gasteiger partial charge in [0.2, 0.25) is 0 Å². The normalized spacial score (nSPS) is 12.2. The van der Waals surface area contributed by atoms with Gasteiger partial charge >= 0.3 is 0 Å². The minimum atomic E-state index is -1.26. The Bertz CT molecular complexity index is 557. The number of halogens is 1. The SMILES string of the molecule is CN(Cc1ccn[nH]1)C(=O)C(O)c1ccccc1Cl. The first-order valence-electron chi connectivity index (χ1n) is 5.75. The van der Waals surface area contributed by atoms with Crippen LogP contribution in [0, 0.1) is 0 Å². The largest absolute Gasteiger partial charge is 0.378 e. The lowest BCUT2D eigenvalue weighted by molar-refractivity contribution is -0.139. The summed E-state index contributed by atoms with van der Waals surface area (Å²) in [6.07, 6.45) is 0.347. The average molecular weight is 280 g/mol. The molecule has 1 amide bonds. The lowest BCUT2D eigenvalue weighted by Crippen LogP contribution is -2.31. The van der Waals surface area contributed by atoms with Crippen molar-refractivity contribution in [2.75, 3.05) is 7.05 Å². The van der Waals surface area contributed by atoms with Gasteiger partial charge in [0.25, 0.3) is 5.91 Å². The van der Waals surface area contributed by atoms with Crippen molar-refractivity contribution in [2.24, 2.45) is 0 Å². The molecule has 0 radical (unpaired) electrons. The van der Waals surface area contributed by atoms with Gasteiger partial charge < -0.3 is 10.0 Å². The number of nitrogens with zero attached hydrogens (tertiary/aromatic N) is 2. The number of hydrogen-bond donors (Lipinski definition) is 2. The van der Waals surface area contributed by atoms with E-state index in [4.69, 9.17) is 11.6 Å².